The number of ether oxygens (including phenoxy) is 1. The predicted molar refractivity (Wildman–Crippen MR) is 41.7 cm³/mol. The van der Waals surface area contributed by atoms with Gasteiger partial charge in [-0.3, -0.25) is 0 Å². The van der Waals surface area contributed by atoms with Gasteiger partial charge in [-0.15, -0.1) is 0 Å². The molecule has 0 aliphatic heterocycles. The Bertz CT molecular complexity index is 312. The molecule has 1 aromatic heterocycles. The van der Waals surface area contributed by atoms with Crippen LogP contribution in [-0.4, -0.2) is 23.2 Å². The molecule has 0 aliphatic carbocycles. The van der Waals surface area contributed by atoms with E-state index < -0.39 is 5.97 Å². The molecular weight excluding hydrogens is 160 g/mol. The normalized spacial score (nSPS) is 9.42. The van der Waals surface area contributed by atoms with Crippen molar-refractivity contribution in [1.82, 2.24) is 4.98 Å². The number of carbonyl (C=O) groups is 1. The molecule has 0 bridgehead atoms. The molecule has 0 radical (unpaired) electrons. The number of esters is 1. The van der Waals surface area contributed by atoms with E-state index >= 15 is 0 Å². The van der Waals surface area contributed by atoms with Crippen LogP contribution in [0.5, 0.6) is 5.75 Å². The average molecular weight is 168 g/mol. The fourth-order valence-electron chi connectivity index (χ4n) is 0.693. The molecule has 3 N–H and O–H groups in total. The number of nitrogens with zero attached hydrogens (tertiary/aromatic N) is 1. The van der Waals surface area contributed by atoms with Gasteiger partial charge in [-0.1, -0.05) is 0 Å². The molecule has 0 aromatic carbocycles. The Morgan fingerprint density at radius 2 is 2.42 bits per heavy atom. The van der Waals surface area contributed by atoms with Crippen LogP contribution in [0, 0.1) is 0 Å². The van der Waals surface area contributed by atoms with E-state index in [1.54, 1.807) is 0 Å². The maximum absolute atomic E-state index is 10.9. The molecule has 0 atom stereocenters. The van der Waals surface area contributed by atoms with E-state index in [2.05, 4.69) is 9.72 Å². The highest BCUT2D eigenvalue weighted by Crippen LogP contribution is 2.17. The van der Waals surface area contributed by atoms with Crippen LogP contribution in [0.1, 0.15) is 10.4 Å². The minimum Gasteiger partial charge on any atom is -0.504 e. The summed E-state index contributed by atoms with van der Waals surface area (Å²) in [7, 11) is 1.25. The van der Waals surface area contributed by atoms with Crippen LogP contribution in [0.25, 0.3) is 0 Å². The molecule has 64 valence electrons. The fourth-order valence-corrected chi connectivity index (χ4v) is 0.693. The molecule has 0 saturated heterocycles. The van der Waals surface area contributed by atoms with Crippen LogP contribution in [0.4, 0.5) is 5.82 Å². The second-order valence-corrected chi connectivity index (χ2v) is 2.12. The number of hydrogen-bond donors (Lipinski definition) is 2. The van der Waals surface area contributed by atoms with Crippen molar-refractivity contribution in [3.8, 4) is 5.75 Å². The number of hydrogen-bond acceptors (Lipinski definition) is 5. The van der Waals surface area contributed by atoms with E-state index in [9.17, 15) is 4.79 Å². The smallest absolute Gasteiger partial charge is 0.339 e. The first kappa shape index (κ1) is 8.32. The Hall–Kier alpha value is -1.78. The summed E-state index contributed by atoms with van der Waals surface area (Å²) in [4.78, 5) is 14.4. The Morgan fingerprint density at radius 1 is 1.75 bits per heavy atom. The van der Waals surface area contributed by atoms with Gasteiger partial charge in [-0.25, -0.2) is 9.78 Å². The maximum Gasteiger partial charge on any atom is 0.339 e. The van der Waals surface area contributed by atoms with Crippen molar-refractivity contribution in [3.63, 3.8) is 0 Å². The lowest BCUT2D eigenvalue weighted by Crippen LogP contribution is -2.02. The summed E-state index contributed by atoms with van der Waals surface area (Å²) in [5.74, 6) is -0.793. The number of methoxy groups -OCH3 is 1. The zero-order valence-corrected chi connectivity index (χ0v) is 6.44. The quantitative estimate of drug-likeness (QED) is 0.583. The Kier molecular flexibility index (Phi) is 2.14. The van der Waals surface area contributed by atoms with Crippen LogP contribution in [-0.2, 0) is 4.74 Å². The minimum absolute atomic E-state index is 0.0114. The largest absolute Gasteiger partial charge is 0.504 e. The monoisotopic (exact) mass is 168 g/mol. The summed E-state index contributed by atoms with van der Waals surface area (Å²) in [5.41, 5.74) is 5.39. The second-order valence-electron chi connectivity index (χ2n) is 2.12. The molecule has 12 heavy (non-hydrogen) atoms. The molecule has 0 spiro atoms. The topological polar surface area (TPSA) is 85.4 Å². The lowest BCUT2D eigenvalue weighted by Gasteiger charge is -2.00. The van der Waals surface area contributed by atoms with Gasteiger partial charge in [0.25, 0.3) is 0 Å². The molecule has 1 aromatic rings. The van der Waals surface area contributed by atoms with E-state index in [-0.39, 0.29) is 17.1 Å². The fraction of sp³-hybridized carbons (Fsp3) is 0.143. The third-order valence-corrected chi connectivity index (χ3v) is 1.32. The number of aromatic hydroxyl groups is 1. The number of pyridine rings is 1. The van der Waals surface area contributed by atoms with Gasteiger partial charge in [0, 0.05) is 6.20 Å². The molecular formula is C7H8N2O3. The molecule has 0 amide bonds. The highest BCUT2D eigenvalue weighted by molar-refractivity contribution is 5.89. The van der Waals surface area contributed by atoms with Crippen LogP contribution in [0.15, 0.2) is 12.3 Å². The van der Waals surface area contributed by atoms with Crippen LogP contribution in [0.2, 0.25) is 0 Å². The lowest BCUT2D eigenvalue weighted by molar-refractivity contribution is 0.0600. The SMILES string of the molecule is COC(=O)c1cnc(N)c(O)c1. The number of rotatable bonds is 1. The highest BCUT2D eigenvalue weighted by atomic mass is 16.5. The van der Waals surface area contributed by atoms with E-state index in [0.29, 0.717) is 0 Å². The summed E-state index contributed by atoms with van der Waals surface area (Å²) in [6.45, 7) is 0. The predicted octanol–water partition coefficient (Wildman–Crippen LogP) is 0.156. The molecule has 0 saturated carbocycles. The standard InChI is InChI=1S/C7H8N2O3/c1-12-7(11)4-2-5(10)6(8)9-3-4/h2-3,10H,1H3,(H2,8,9). The number of carbonyl (C=O) groups excluding carboxylic acids is 1. The first-order valence-electron chi connectivity index (χ1n) is 3.18. The summed E-state index contributed by atoms with van der Waals surface area (Å²) in [6.07, 6.45) is 1.24. The van der Waals surface area contributed by atoms with Gasteiger partial charge in [0.05, 0.1) is 12.7 Å². The van der Waals surface area contributed by atoms with Crippen LogP contribution >= 0.6 is 0 Å². The maximum atomic E-state index is 10.9. The number of aromatic nitrogens is 1. The van der Waals surface area contributed by atoms with Gasteiger partial charge < -0.3 is 15.6 Å². The van der Waals surface area contributed by atoms with E-state index in [4.69, 9.17) is 10.8 Å². The zero-order valence-electron chi connectivity index (χ0n) is 6.44. The lowest BCUT2D eigenvalue weighted by atomic mass is 10.3. The van der Waals surface area contributed by atoms with Gasteiger partial charge in [0.1, 0.15) is 0 Å². The van der Waals surface area contributed by atoms with Crippen LogP contribution < -0.4 is 5.73 Å². The summed E-state index contributed by atoms with van der Waals surface area (Å²) in [5, 5.41) is 9.05. The van der Waals surface area contributed by atoms with Crippen molar-refractivity contribution in [2.24, 2.45) is 0 Å². The van der Waals surface area contributed by atoms with Gasteiger partial charge in [0.15, 0.2) is 11.6 Å². The Labute approximate surface area is 68.8 Å². The van der Waals surface area contributed by atoms with Crippen molar-refractivity contribution < 1.29 is 14.6 Å². The van der Waals surface area contributed by atoms with Gasteiger partial charge in [-0.05, 0) is 6.07 Å². The summed E-state index contributed by atoms with van der Waals surface area (Å²) in [6, 6.07) is 1.20. The molecule has 0 fully saturated rings. The first-order valence-corrected chi connectivity index (χ1v) is 3.18. The molecule has 0 unspecified atom stereocenters. The minimum atomic E-state index is -0.558. The number of anilines is 1. The van der Waals surface area contributed by atoms with Gasteiger partial charge in [0.2, 0.25) is 0 Å². The molecule has 5 heteroatoms. The van der Waals surface area contributed by atoms with E-state index in [1.165, 1.54) is 19.4 Å². The highest BCUT2D eigenvalue weighted by Gasteiger charge is 2.07. The van der Waals surface area contributed by atoms with Crippen LogP contribution in [0.3, 0.4) is 0 Å². The first-order chi connectivity index (χ1) is 5.65. The molecule has 1 heterocycles. The van der Waals surface area contributed by atoms with Gasteiger partial charge >= 0.3 is 5.97 Å². The molecule has 0 aliphatic rings. The van der Waals surface area contributed by atoms with Crippen molar-refractivity contribution >= 4 is 11.8 Å². The number of nitrogens with two attached hydrogens (primary N) is 1. The molecule has 1 rings (SSSR count). The number of nitrogen functional groups attached to an aromatic ring is 1. The third kappa shape index (κ3) is 1.45. The van der Waals surface area contributed by atoms with Crippen molar-refractivity contribution in [3.05, 3.63) is 17.8 Å². The summed E-state index contributed by atoms with van der Waals surface area (Å²) >= 11 is 0. The van der Waals surface area contributed by atoms with E-state index in [0.717, 1.165) is 0 Å². The zero-order chi connectivity index (χ0) is 9.14. The van der Waals surface area contributed by atoms with Gasteiger partial charge in [-0.2, -0.15) is 0 Å². The average Bonchev–Trinajstić information content (AvgIpc) is 2.08. The molecule has 5 nitrogen and oxygen atoms in total. The third-order valence-electron chi connectivity index (χ3n) is 1.32. The van der Waals surface area contributed by atoms with Crippen molar-refractivity contribution in [1.29, 1.82) is 0 Å². The summed E-state index contributed by atoms with van der Waals surface area (Å²) < 4.78 is 4.40. The Morgan fingerprint density at radius 3 is 2.92 bits per heavy atom. The van der Waals surface area contributed by atoms with Crippen molar-refractivity contribution in [2.75, 3.05) is 12.8 Å². The Balaban J connectivity index is 3.05. The van der Waals surface area contributed by atoms with Crippen molar-refractivity contribution in [2.45, 2.75) is 0 Å². The van der Waals surface area contributed by atoms with E-state index in [1.807, 2.05) is 0 Å². The second kappa shape index (κ2) is 3.08.